The van der Waals surface area contributed by atoms with Gasteiger partial charge in [0.15, 0.2) is 0 Å². The number of rotatable bonds is 6. The molecule has 0 unspecified atom stereocenters. The minimum Gasteiger partial charge on any atom is -0.501 e. The molecule has 3 nitrogen and oxygen atoms in total. The molecular weight excluding hydrogens is 729 g/mol. The van der Waals surface area contributed by atoms with Gasteiger partial charge in [-0.2, -0.15) is 0 Å². The molecule has 0 amide bonds. The van der Waals surface area contributed by atoms with E-state index in [1.807, 2.05) is 42.6 Å². The Morgan fingerprint density at radius 1 is 0.756 bits per heavy atom. The number of aryl methyl sites for hydroxylation is 2. The van der Waals surface area contributed by atoms with Crippen molar-refractivity contribution in [1.29, 1.82) is 0 Å². The number of fused-ring (bicyclic) bond motifs is 3. The molecule has 7 rings (SSSR count). The number of pyridine rings is 2. The molecule has 4 heteroatoms. The molecule has 3 heterocycles. The van der Waals surface area contributed by atoms with Crippen LogP contribution in [0.2, 0.25) is 0 Å². The third-order valence-corrected chi connectivity index (χ3v) is 7.76. The third-order valence-electron chi connectivity index (χ3n) is 7.76. The molecule has 7 aromatic rings. The fourth-order valence-electron chi connectivity index (χ4n) is 5.46. The van der Waals surface area contributed by atoms with Crippen LogP contribution in [0.5, 0.6) is 0 Å². The molecule has 45 heavy (non-hydrogen) atoms. The van der Waals surface area contributed by atoms with Crippen LogP contribution >= 0.6 is 0 Å². The monoisotopic (exact) mass is 765 g/mol. The molecule has 0 bridgehead atoms. The summed E-state index contributed by atoms with van der Waals surface area (Å²) in [5.41, 5.74) is 12.1. The van der Waals surface area contributed by atoms with Crippen LogP contribution in [0.4, 0.5) is 0 Å². The molecule has 1 radical (unpaired) electrons. The first-order valence-electron chi connectivity index (χ1n) is 15.2. The number of furan rings is 1. The van der Waals surface area contributed by atoms with Gasteiger partial charge >= 0.3 is 0 Å². The van der Waals surface area contributed by atoms with Gasteiger partial charge in [-0.1, -0.05) is 97.9 Å². The molecule has 3 aromatic heterocycles. The van der Waals surface area contributed by atoms with Gasteiger partial charge in [0.25, 0.3) is 0 Å². The fourth-order valence-corrected chi connectivity index (χ4v) is 5.46. The van der Waals surface area contributed by atoms with Crippen LogP contribution in [0.3, 0.4) is 0 Å². The molecule has 0 N–H and O–H groups in total. The molecule has 0 atom stereocenters. The van der Waals surface area contributed by atoms with E-state index in [1.165, 1.54) is 27.8 Å². The standard InChI is InChI=1S/C24H16NO.C17H20N.Ir/c1-2-7-17(8-3-1)15-18-12-13-19-20-9-6-10-21(22-11-4-5-14-25-22)24(20)26-23(19)16-18;1-12(2)9-16-10-17(18-11-14(16)4)15-7-5-13(3)6-8-15;/h1-9,11-14,16H,15H2;5-7,10-12H,9H2,1-4H3;/q2*-1;. The summed E-state index contributed by atoms with van der Waals surface area (Å²) in [6, 6.07) is 41.8. The average molecular weight is 765 g/mol. The summed E-state index contributed by atoms with van der Waals surface area (Å²) in [5, 5.41) is 2.23. The van der Waals surface area contributed by atoms with Crippen LogP contribution in [0.1, 0.15) is 41.7 Å². The predicted molar refractivity (Wildman–Crippen MR) is 182 cm³/mol. The van der Waals surface area contributed by atoms with Crippen molar-refractivity contribution in [3.05, 3.63) is 155 Å². The number of hydrogen-bond donors (Lipinski definition) is 0. The van der Waals surface area contributed by atoms with Crippen LogP contribution < -0.4 is 0 Å². The second kappa shape index (κ2) is 14.6. The molecule has 0 spiro atoms. The van der Waals surface area contributed by atoms with Crippen molar-refractivity contribution in [3.8, 4) is 22.5 Å². The molecule has 0 saturated heterocycles. The van der Waals surface area contributed by atoms with Crippen molar-refractivity contribution in [2.75, 3.05) is 0 Å². The van der Waals surface area contributed by atoms with Crippen molar-refractivity contribution in [2.24, 2.45) is 5.92 Å². The Bertz CT molecular complexity index is 2000. The predicted octanol–water partition coefficient (Wildman–Crippen LogP) is 10.4. The van der Waals surface area contributed by atoms with Crippen molar-refractivity contribution < 1.29 is 24.5 Å². The van der Waals surface area contributed by atoms with E-state index in [-0.39, 0.29) is 20.1 Å². The second-order valence-electron chi connectivity index (χ2n) is 11.8. The zero-order valence-electron chi connectivity index (χ0n) is 26.1. The Morgan fingerprint density at radius 3 is 2.31 bits per heavy atom. The quantitative estimate of drug-likeness (QED) is 0.158. The molecule has 227 valence electrons. The van der Waals surface area contributed by atoms with E-state index in [0.717, 1.165) is 57.3 Å². The summed E-state index contributed by atoms with van der Waals surface area (Å²) >= 11 is 0. The van der Waals surface area contributed by atoms with Gasteiger partial charge in [-0.05, 0) is 65.9 Å². The first-order chi connectivity index (χ1) is 21.4. The van der Waals surface area contributed by atoms with Crippen LogP contribution in [0.15, 0.2) is 120 Å². The average Bonchev–Trinajstić information content (AvgIpc) is 3.42. The molecular formula is C41H36IrN2O-2. The number of nitrogens with zero attached hydrogens (tertiary/aromatic N) is 2. The maximum atomic E-state index is 6.25. The Hall–Kier alpha value is -4.37. The Morgan fingerprint density at radius 2 is 1.58 bits per heavy atom. The SMILES string of the molecule is Cc1c[c-]c(-c2cc(CC(C)C)c(C)cn2)cc1.[Ir].[c-]1ccc2c(oc3cc(Cc4ccccc4)ccc32)c1-c1ccccn1. The minimum absolute atomic E-state index is 0. The maximum Gasteiger partial charge on any atom is 0.121 e. The Balaban J connectivity index is 0.000000186. The molecule has 0 aliphatic rings. The molecule has 0 aliphatic heterocycles. The van der Waals surface area contributed by atoms with Gasteiger partial charge < -0.3 is 14.4 Å². The van der Waals surface area contributed by atoms with Crippen molar-refractivity contribution >= 4 is 21.9 Å². The van der Waals surface area contributed by atoms with Gasteiger partial charge in [-0.15, -0.1) is 53.6 Å². The first-order valence-corrected chi connectivity index (χ1v) is 15.2. The van der Waals surface area contributed by atoms with Gasteiger partial charge in [-0.3, -0.25) is 0 Å². The number of benzene rings is 4. The summed E-state index contributed by atoms with van der Waals surface area (Å²) in [4.78, 5) is 8.97. The van der Waals surface area contributed by atoms with E-state index in [4.69, 9.17) is 4.42 Å². The minimum atomic E-state index is 0. The van der Waals surface area contributed by atoms with Crippen LogP contribution in [-0.2, 0) is 32.9 Å². The van der Waals surface area contributed by atoms with Crippen molar-refractivity contribution in [1.82, 2.24) is 9.97 Å². The largest absolute Gasteiger partial charge is 0.501 e. The van der Waals surface area contributed by atoms with E-state index in [0.29, 0.717) is 5.92 Å². The summed E-state index contributed by atoms with van der Waals surface area (Å²) < 4.78 is 6.25. The summed E-state index contributed by atoms with van der Waals surface area (Å²) in [5.74, 6) is 0.668. The van der Waals surface area contributed by atoms with E-state index >= 15 is 0 Å². The van der Waals surface area contributed by atoms with E-state index in [9.17, 15) is 0 Å². The maximum absolute atomic E-state index is 6.25. The number of aromatic nitrogens is 2. The van der Waals surface area contributed by atoms with Crippen LogP contribution in [-0.4, -0.2) is 9.97 Å². The zero-order chi connectivity index (χ0) is 30.5. The van der Waals surface area contributed by atoms with Gasteiger partial charge in [0, 0.05) is 37.9 Å². The summed E-state index contributed by atoms with van der Waals surface area (Å²) in [7, 11) is 0. The first kappa shape index (κ1) is 32.0. The van der Waals surface area contributed by atoms with Gasteiger partial charge in [0.1, 0.15) is 5.58 Å². The van der Waals surface area contributed by atoms with Crippen molar-refractivity contribution in [3.63, 3.8) is 0 Å². The molecule has 0 aliphatic carbocycles. The molecule has 0 saturated carbocycles. The summed E-state index contributed by atoms with van der Waals surface area (Å²) in [6.45, 7) is 8.70. The normalized spacial score (nSPS) is 10.9. The van der Waals surface area contributed by atoms with E-state index in [2.05, 4.69) is 117 Å². The summed E-state index contributed by atoms with van der Waals surface area (Å²) in [6.07, 6.45) is 5.77. The van der Waals surface area contributed by atoms with Gasteiger partial charge in [0.2, 0.25) is 0 Å². The Kier molecular flexibility index (Phi) is 10.4. The van der Waals surface area contributed by atoms with Crippen LogP contribution in [0.25, 0.3) is 44.5 Å². The third kappa shape index (κ3) is 7.65. The van der Waals surface area contributed by atoms with Crippen molar-refractivity contribution in [2.45, 2.75) is 40.5 Å². The second-order valence-corrected chi connectivity index (χ2v) is 11.8. The fraction of sp³-hybridized carbons (Fsp3) is 0.171. The smallest absolute Gasteiger partial charge is 0.121 e. The van der Waals surface area contributed by atoms with Crippen LogP contribution in [0, 0.1) is 31.9 Å². The Labute approximate surface area is 279 Å². The topological polar surface area (TPSA) is 38.9 Å². The van der Waals surface area contributed by atoms with E-state index in [1.54, 1.807) is 6.20 Å². The van der Waals surface area contributed by atoms with E-state index < -0.39 is 0 Å². The van der Waals surface area contributed by atoms with Gasteiger partial charge in [0.05, 0.1) is 5.58 Å². The molecule has 0 fully saturated rings. The van der Waals surface area contributed by atoms with Gasteiger partial charge in [-0.25, -0.2) is 0 Å². The zero-order valence-corrected chi connectivity index (χ0v) is 28.5. The molecule has 4 aromatic carbocycles. The number of hydrogen-bond acceptors (Lipinski definition) is 3.